The number of ketones is 1. The van der Waals surface area contributed by atoms with Gasteiger partial charge < -0.3 is 5.11 Å². The van der Waals surface area contributed by atoms with Crippen LogP contribution in [0.25, 0.3) is 22.4 Å². The standard InChI is InChI=1S/C16H14N3.C13H24O2.Ir/c1-10-7-11(2)9-13(8-10)16-17-15-12(3)5-4-6-14(15)18-19-16;1-5-10(6-2)12(14)9-13(15)11(7-3)8-4;/h4-8H,1-3H3;9-11,14H,5-8H2,1-4H3;/q-1;;. The van der Waals surface area contributed by atoms with Gasteiger partial charge >= 0.3 is 0 Å². The zero-order valence-corrected chi connectivity index (χ0v) is 24.4. The molecule has 1 N–H and O–H groups in total. The number of para-hydroxylation sites is 1. The summed E-state index contributed by atoms with van der Waals surface area (Å²) in [4.78, 5) is 16.3. The van der Waals surface area contributed by atoms with E-state index in [0.717, 1.165) is 53.4 Å². The zero-order valence-electron chi connectivity index (χ0n) is 22.0. The molecule has 0 aliphatic heterocycles. The van der Waals surface area contributed by atoms with Gasteiger partial charge in [0.05, 0.1) is 17.1 Å². The molecule has 0 saturated heterocycles. The number of hydrogen-bond acceptors (Lipinski definition) is 5. The van der Waals surface area contributed by atoms with Crippen LogP contribution in [-0.4, -0.2) is 26.1 Å². The maximum atomic E-state index is 11.7. The van der Waals surface area contributed by atoms with Crippen LogP contribution in [0.4, 0.5) is 0 Å². The number of aromatic nitrogens is 3. The number of aliphatic hydroxyl groups is 1. The summed E-state index contributed by atoms with van der Waals surface area (Å²) in [5.41, 5.74) is 6.00. The second-order valence-electron chi connectivity index (χ2n) is 8.83. The van der Waals surface area contributed by atoms with Crippen molar-refractivity contribution >= 4 is 16.8 Å². The summed E-state index contributed by atoms with van der Waals surface area (Å²) < 4.78 is 0. The molecule has 1 radical (unpaired) electrons. The molecule has 0 atom stereocenters. The summed E-state index contributed by atoms with van der Waals surface area (Å²) in [7, 11) is 0. The smallest absolute Gasteiger partial charge is 0.162 e. The van der Waals surface area contributed by atoms with Gasteiger partial charge in [-0.2, -0.15) is 10.2 Å². The Morgan fingerprint density at radius 3 is 2.17 bits per heavy atom. The average molecular weight is 653 g/mol. The van der Waals surface area contributed by atoms with Crippen LogP contribution in [0.5, 0.6) is 0 Å². The second kappa shape index (κ2) is 14.9. The van der Waals surface area contributed by atoms with Gasteiger partial charge in [-0.05, 0) is 44.2 Å². The van der Waals surface area contributed by atoms with E-state index in [1.165, 1.54) is 11.6 Å². The normalized spacial score (nSPS) is 11.3. The Bertz CT molecular complexity index is 1120. The number of allylic oxidation sites excluding steroid dienone is 2. The van der Waals surface area contributed by atoms with E-state index in [1.54, 1.807) is 0 Å². The number of aliphatic hydroxyl groups excluding tert-OH is 1. The molecular weight excluding hydrogens is 615 g/mol. The topological polar surface area (TPSA) is 76.0 Å². The molecule has 0 aliphatic carbocycles. The number of aryl methyl sites for hydroxylation is 3. The second-order valence-corrected chi connectivity index (χ2v) is 8.83. The minimum Gasteiger partial charge on any atom is -0.512 e. The molecular formula is C29H38IrN3O2-. The van der Waals surface area contributed by atoms with Gasteiger partial charge in [-0.25, -0.2) is 0 Å². The van der Waals surface area contributed by atoms with Crippen molar-refractivity contribution < 1.29 is 30.0 Å². The van der Waals surface area contributed by atoms with Crippen molar-refractivity contribution in [2.45, 2.75) is 74.1 Å². The molecule has 1 aromatic heterocycles. The molecule has 0 unspecified atom stereocenters. The molecule has 3 aromatic rings. The fourth-order valence-corrected chi connectivity index (χ4v) is 4.01. The summed E-state index contributed by atoms with van der Waals surface area (Å²) in [5.74, 6) is 1.18. The van der Waals surface area contributed by atoms with Crippen molar-refractivity contribution in [3.8, 4) is 11.4 Å². The molecule has 2 aromatic carbocycles. The van der Waals surface area contributed by atoms with Gasteiger partial charge in [-0.1, -0.05) is 53.7 Å². The van der Waals surface area contributed by atoms with Crippen LogP contribution < -0.4 is 0 Å². The van der Waals surface area contributed by atoms with Gasteiger partial charge in [0.25, 0.3) is 0 Å². The molecule has 6 heteroatoms. The van der Waals surface area contributed by atoms with Gasteiger partial charge in [0.2, 0.25) is 0 Å². The Hall–Kier alpha value is -2.43. The van der Waals surface area contributed by atoms with Gasteiger partial charge in [-0.3, -0.25) is 9.78 Å². The van der Waals surface area contributed by atoms with Crippen molar-refractivity contribution in [3.63, 3.8) is 0 Å². The molecule has 1 heterocycles. The first-order valence-corrected chi connectivity index (χ1v) is 12.3. The average Bonchev–Trinajstić information content (AvgIpc) is 2.80. The fourth-order valence-electron chi connectivity index (χ4n) is 4.01. The van der Waals surface area contributed by atoms with E-state index < -0.39 is 0 Å². The molecule has 0 saturated carbocycles. The Kier molecular flexibility index (Phi) is 13.0. The van der Waals surface area contributed by atoms with Crippen molar-refractivity contribution in [2.24, 2.45) is 11.8 Å². The van der Waals surface area contributed by atoms with E-state index in [1.807, 2.05) is 65.8 Å². The van der Waals surface area contributed by atoms with Crippen LogP contribution in [0.15, 0.2) is 42.2 Å². The fraction of sp³-hybridized carbons (Fsp3) is 0.448. The van der Waals surface area contributed by atoms with Crippen LogP contribution in [-0.2, 0) is 24.9 Å². The molecule has 191 valence electrons. The van der Waals surface area contributed by atoms with Gasteiger partial charge in [0.15, 0.2) is 5.78 Å². The third kappa shape index (κ3) is 8.63. The van der Waals surface area contributed by atoms with Gasteiger partial charge in [0, 0.05) is 38.0 Å². The van der Waals surface area contributed by atoms with Gasteiger partial charge in [0.1, 0.15) is 5.52 Å². The maximum absolute atomic E-state index is 11.7. The first kappa shape index (κ1) is 30.6. The molecule has 0 aliphatic rings. The largest absolute Gasteiger partial charge is 0.512 e. The first-order chi connectivity index (χ1) is 16.2. The number of rotatable bonds is 8. The van der Waals surface area contributed by atoms with Crippen molar-refractivity contribution in [1.29, 1.82) is 0 Å². The van der Waals surface area contributed by atoms with E-state index in [0.29, 0.717) is 5.82 Å². The minimum atomic E-state index is 0. The van der Waals surface area contributed by atoms with E-state index in [2.05, 4.69) is 34.2 Å². The number of nitrogens with zero attached hydrogens (tertiary/aromatic N) is 3. The van der Waals surface area contributed by atoms with Crippen LogP contribution in [0.3, 0.4) is 0 Å². The summed E-state index contributed by atoms with van der Waals surface area (Å²) >= 11 is 0. The third-order valence-corrected chi connectivity index (χ3v) is 6.16. The van der Waals surface area contributed by atoms with E-state index in [4.69, 9.17) is 0 Å². The predicted octanol–water partition coefficient (Wildman–Crippen LogP) is 7.28. The van der Waals surface area contributed by atoms with Crippen molar-refractivity contribution in [3.05, 3.63) is 64.9 Å². The monoisotopic (exact) mass is 653 g/mol. The molecule has 0 spiro atoms. The summed E-state index contributed by atoms with van der Waals surface area (Å²) in [6.07, 6.45) is 4.91. The number of carbonyl (C=O) groups excluding carboxylic acids is 1. The van der Waals surface area contributed by atoms with E-state index in [9.17, 15) is 9.90 Å². The molecule has 3 rings (SSSR count). The molecule has 5 nitrogen and oxygen atoms in total. The Morgan fingerprint density at radius 2 is 1.60 bits per heavy atom. The summed E-state index contributed by atoms with van der Waals surface area (Å²) in [5, 5.41) is 18.2. The van der Waals surface area contributed by atoms with Crippen molar-refractivity contribution in [1.82, 2.24) is 15.2 Å². The molecule has 0 amide bonds. The van der Waals surface area contributed by atoms with Crippen LogP contribution >= 0.6 is 0 Å². The molecule has 0 fully saturated rings. The number of benzene rings is 2. The van der Waals surface area contributed by atoms with E-state index in [-0.39, 0.29) is 43.5 Å². The quantitative estimate of drug-likeness (QED) is 0.157. The zero-order chi connectivity index (χ0) is 25.3. The first-order valence-electron chi connectivity index (χ1n) is 12.3. The molecule has 35 heavy (non-hydrogen) atoms. The van der Waals surface area contributed by atoms with Gasteiger partial charge in [-0.15, -0.1) is 34.9 Å². The van der Waals surface area contributed by atoms with Crippen LogP contribution in [0.2, 0.25) is 0 Å². The van der Waals surface area contributed by atoms with Crippen LogP contribution in [0, 0.1) is 38.7 Å². The number of hydrogen-bond donors (Lipinski definition) is 1. The third-order valence-electron chi connectivity index (χ3n) is 6.16. The maximum Gasteiger partial charge on any atom is 0.162 e. The Morgan fingerprint density at radius 1 is 0.971 bits per heavy atom. The number of carbonyl (C=O) groups is 1. The summed E-state index contributed by atoms with van der Waals surface area (Å²) in [6, 6.07) is 13.3. The van der Waals surface area contributed by atoms with Crippen LogP contribution in [0.1, 0.15) is 70.1 Å². The number of fused-ring (bicyclic) bond motifs is 1. The predicted molar refractivity (Wildman–Crippen MR) is 140 cm³/mol. The van der Waals surface area contributed by atoms with Crippen molar-refractivity contribution in [2.75, 3.05) is 0 Å². The Labute approximate surface area is 223 Å². The summed E-state index contributed by atoms with van der Waals surface area (Å²) in [6.45, 7) is 14.2. The van der Waals surface area contributed by atoms with E-state index >= 15 is 0 Å². The molecule has 0 bridgehead atoms. The Balaban J connectivity index is 0.000000352. The minimum absolute atomic E-state index is 0. The SMILES string of the molecule is CCC(CC)C(=O)C=C(O)C(CC)CC.Cc1[c-]c(-c2nnc3cccc(C)c3n2)cc(C)c1.[Ir].